The Morgan fingerprint density at radius 1 is 1.10 bits per heavy atom. The van der Waals surface area contributed by atoms with Gasteiger partial charge in [0.15, 0.2) is 11.2 Å². The molecule has 0 spiro atoms. The predicted octanol–water partition coefficient (Wildman–Crippen LogP) is 5.71. The highest BCUT2D eigenvalue weighted by molar-refractivity contribution is 7.14. The summed E-state index contributed by atoms with van der Waals surface area (Å²) in [6.45, 7) is 6.47. The van der Waals surface area contributed by atoms with Gasteiger partial charge in [-0.05, 0) is 37.6 Å². The summed E-state index contributed by atoms with van der Waals surface area (Å²) in [5.74, 6) is -0.211. The molecular formula is C30H32N4O4S. The summed E-state index contributed by atoms with van der Waals surface area (Å²) in [6.07, 6.45) is 1.17. The minimum atomic E-state index is -0.964. The summed E-state index contributed by atoms with van der Waals surface area (Å²) in [6, 6.07) is 15.2. The van der Waals surface area contributed by atoms with E-state index in [1.165, 1.54) is 11.3 Å². The molecule has 1 amide bonds. The van der Waals surface area contributed by atoms with Crippen molar-refractivity contribution in [3.05, 3.63) is 70.7 Å². The number of ether oxygens (including phenoxy) is 2. The van der Waals surface area contributed by atoms with Crippen LogP contribution < -0.4 is 10.1 Å². The molecule has 0 radical (unpaired) electrons. The van der Waals surface area contributed by atoms with Crippen molar-refractivity contribution in [1.82, 2.24) is 14.9 Å². The van der Waals surface area contributed by atoms with Gasteiger partial charge in [-0.3, -0.25) is 20.0 Å². The number of para-hydroxylation sites is 2. The Kier molecular flexibility index (Phi) is 8.18. The first-order valence-corrected chi connectivity index (χ1v) is 14.1. The summed E-state index contributed by atoms with van der Waals surface area (Å²) < 4.78 is 11.3. The van der Waals surface area contributed by atoms with Gasteiger partial charge in [-0.25, -0.2) is 9.78 Å². The van der Waals surface area contributed by atoms with Gasteiger partial charge in [-0.1, -0.05) is 44.2 Å². The number of carbonyl (C=O) groups is 2. The molecule has 2 aromatic carbocycles. The number of esters is 1. The summed E-state index contributed by atoms with van der Waals surface area (Å²) in [7, 11) is 1.61. The zero-order valence-electron chi connectivity index (χ0n) is 22.4. The zero-order valence-corrected chi connectivity index (χ0v) is 23.2. The third kappa shape index (κ3) is 5.65. The number of benzene rings is 2. The van der Waals surface area contributed by atoms with E-state index in [0.29, 0.717) is 35.1 Å². The molecule has 1 aliphatic rings. The van der Waals surface area contributed by atoms with Crippen molar-refractivity contribution in [2.75, 3.05) is 25.5 Å². The number of nitrogens with zero attached hydrogens (tertiary/aromatic N) is 3. The summed E-state index contributed by atoms with van der Waals surface area (Å²) in [5, 5.41) is 5.86. The van der Waals surface area contributed by atoms with E-state index in [0.717, 1.165) is 53.7 Å². The first kappa shape index (κ1) is 26.8. The van der Waals surface area contributed by atoms with Crippen LogP contribution in [0.15, 0.2) is 53.9 Å². The lowest BCUT2D eigenvalue weighted by Crippen LogP contribution is -2.35. The van der Waals surface area contributed by atoms with Gasteiger partial charge < -0.3 is 9.47 Å². The molecule has 0 saturated heterocycles. The van der Waals surface area contributed by atoms with Crippen molar-refractivity contribution >= 4 is 39.2 Å². The highest BCUT2D eigenvalue weighted by Gasteiger charge is 2.29. The quantitative estimate of drug-likeness (QED) is 0.270. The molecule has 4 aromatic rings. The van der Waals surface area contributed by atoms with Crippen molar-refractivity contribution in [1.29, 1.82) is 0 Å². The number of hydrogen-bond donors (Lipinski definition) is 1. The number of anilines is 1. The number of hydrogen-bond acceptors (Lipinski definition) is 8. The van der Waals surface area contributed by atoms with E-state index in [1.807, 2.05) is 60.8 Å². The van der Waals surface area contributed by atoms with Crippen LogP contribution in [0.3, 0.4) is 0 Å². The molecule has 1 unspecified atom stereocenters. The molecule has 0 aliphatic carbocycles. The molecule has 0 bridgehead atoms. The topological polar surface area (TPSA) is 93.7 Å². The zero-order chi connectivity index (χ0) is 27.4. The summed E-state index contributed by atoms with van der Waals surface area (Å²) >= 11 is 1.31. The maximum absolute atomic E-state index is 13.7. The first-order chi connectivity index (χ1) is 19.0. The van der Waals surface area contributed by atoms with E-state index in [-0.39, 0.29) is 0 Å². The van der Waals surface area contributed by atoms with Crippen LogP contribution in [0.2, 0.25) is 0 Å². The molecule has 0 fully saturated rings. The molecule has 8 nitrogen and oxygen atoms in total. The Balaban J connectivity index is 1.37. The number of rotatable bonds is 9. The molecule has 3 heterocycles. The smallest absolute Gasteiger partial charge is 0.340 e. The van der Waals surface area contributed by atoms with Gasteiger partial charge in [0, 0.05) is 47.1 Å². The summed E-state index contributed by atoms with van der Waals surface area (Å²) in [5.41, 5.74) is 4.63. The number of carbonyl (C=O) groups excluding carboxylic acids is 2. The van der Waals surface area contributed by atoms with Gasteiger partial charge in [0.05, 0.1) is 23.9 Å². The maximum atomic E-state index is 13.7. The van der Waals surface area contributed by atoms with Gasteiger partial charge in [0.1, 0.15) is 5.75 Å². The lowest BCUT2D eigenvalue weighted by Gasteiger charge is -2.29. The third-order valence-electron chi connectivity index (χ3n) is 6.90. The van der Waals surface area contributed by atoms with Crippen molar-refractivity contribution in [3.8, 4) is 17.0 Å². The number of pyridine rings is 1. The second kappa shape index (κ2) is 11.9. The van der Waals surface area contributed by atoms with Crippen LogP contribution in [0.25, 0.3) is 22.2 Å². The van der Waals surface area contributed by atoms with Crippen molar-refractivity contribution in [3.63, 3.8) is 0 Å². The fourth-order valence-electron chi connectivity index (χ4n) is 4.99. The molecule has 39 heavy (non-hydrogen) atoms. The van der Waals surface area contributed by atoms with Crippen molar-refractivity contribution in [2.45, 2.75) is 45.8 Å². The highest BCUT2D eigenvalue weighted by atomic mass is 32.1. The van der Waals surface area contributed by atoms with E-state index in [4.69, 9.17) is 14.5 Å². The maximum Gasteiger partial charge on any atom is 0.340 e. The Hall–Kier alpha value is -3.82. The standard InChI is InChI=1S/C30H32N4O4S/c1-4-15-34-16-14-23-21(17-34)27(20-11-6-8-12-22(20)31-23)29(36)38-25(5-2)28(35)33-30-32-24(18-39-30)19-10-7-9-13-26(19)37-3/h6-13,18,25H,4-5,14-17H2,1-3H3,(H,32,33,35). The van der Waals surface area contributed by atoms with Crippen molar-refractivity contribution < 1.29 is 19.1 Å². The fraction of sp³-hybridized carbons (Fsp3) is 0.333. The van der Waals surface area contributed by atoms with Crippen LogP contribution in [-0.4, -0.2) is 53.0 Å². The van der Waals surface area contributed by atoms with Crippen LogP contribution >= 0.6 is 11.3 Å². The average molecular weight is 545 g/mol. The van der Waals surface area contributed by atoms with Crippen LogP contribution in [0.4, 0.5) is 5.13 Å². The van der Waals surface area contributed by atoms with Crippen LogP contribution in [-0.2, 0) is 22.5 Å². The molecule has 0 saturated carbocycles. The molecule has 2 aromatic heterocycles. The number of aromatic nitrogens is 2. The lowest BCUT2D eigenvalue weighted by atomic mass is 9.95. The third-order valence-corrected chi connectivity index (χ3v) is 7.66. The van der Waals surface area contributed by atoms with Crippen LogP contribution in [0.5, 0.6) is 5.75 Å². The predicted molar refractivity (Wildman–Crippen MR) is 153 cm³/mol. The van der Waals surface area contributed by atoms with E-state index in [1.54, 1.807) is 7.11 Å². The molecule has 1 N–H and O–H groups in total. The van der Waals surface area contributed by atoms with Gasteiger partial charge in [-0.2, -0.15) is 0 Å². The summed E-state index contributed by atoms with van der Waals surface area (Å²) in [4.78, 5) is 38.7. The SMILES string of the molecule is CCCN1CCc2nc3ccccc3c(C(=O)OC(CC)C(=O)Nc3nc(-c4ccccc4OC)cs3)c2C1. The van der Waals surface area contributed by atoms with Crippen LogP contribution in [0.1, 0.15) is 48.3 Å². The number of thiazole rings is 1. The molecular weight excluding hydrogens is 512 g/mol. The lowest BCUT2D eigenvalue weighted by molar-refractivity contribution is -0.124. The minimum Gasteiger partial charge on any atom is -0.496 e. The number of fused-ring (bicyclic) bond motifs is 2. The van der Waals surface area contributed by atoms with E-state index in [2.05, 4.69) is 22.1 Å². The average Bonchev–Trinajstić information content (AvgIpc) is 3.42. The number of nitrogens with one attached hydrogen (secondary N) is 1. The Labute approximate surface area is 232 Å². The van der Waals surface area contributed by atoms with Crippen molar-refractivity contribution in [2.24, 2.45) is 0 Å². The second-order valence-electron chi connectivity index (χ2n) is 9.48. The molecule has 202 valence electrons. The monoisotopic (exact) mass is 544 g/mol. The molecule has 5 rings (SSSR count). The van der Waals surface area contributed by atoms with Gasteiger partial charge in [0.25, 0.3) is 5.91 Å². The normalized spacial score (nSPS) is 14.0. The minimum absolute atomic E-state index is 0.329. The van der Waals surface area contributed by atoms with Gasteiger partial charge >= 0.3 is 5.97 Å². The fourth-order valence-corrected chi connectivity index (χ4v) is 5.71. The molecule has 1 aliphatic heterocycles. The van der Waals surface area contributed by atoms with Gasteiger partial charge in [0.2, 0.25) is 0 Å². The highest BCUT2D eigenvalue weighted by Crippen LogP contribution is 2.32. The van der Waals surface area contributed by atoms with Crippen LogP contribution in [0, 0.1) is 0 Å². The van der Waals surface area contributed by atoms with E-state index in [9.17, 15) is 9.59 Å². The molecule has 9 heteroatoms. The number of methoxy groups -OCH3 is 1. The largest absolute Gasteiger partial charge is 0.496 e. The van der Waals surface area contributed by atoms with E-state index < -0.39 is 18.0 Å². The second-order valence-corrected chi connectivity index (χ2v) is 10.3. The first-order valence-electron chi connectivity index (χ1n) is 13.3. The Morgan fingerprint density at radius 3 is 2.69 bits per heavy atom. The van der Waals surface area contributed by atoms with Gasteiger partial charge in [-0.15, -0.1) is 11.3 Å². The Bertz CT molecular complexity index is 1500. The van der Waals surface area contributed by atoms with E-state index >= 15 is 0 Å². The molecule has 1 atom stereocenters. The number of amides is 1. The Morgan fingerprint density at radius 2 is 1.90 bits per heavy atom.